The Bertz CT molecular complexity index is 917. The molecule has 0 N–H and O–H groups in total. The van der Waals surface area contributed by atoms with Gasteiger partial charge in [-0.15, -0.1) is 0 Å². The predicted molar refractivity (Wildman–Crippen MR) is 111 cm³/mol. The van der Waals surface area contributed by atoms with Gasteiger partial charge in [0.15, 0.2) is 11.6 Å². The number of hydrogen-bond donors (Lipinski definition) is 0. The number of carbonyl (C=O) groups is 1. The average Bonchev–Trinajstić information content (AvgIpc) is 3.00. The molecule has 2 aromatic rings. The molecule has 0 saturated heterocycles. The lowest BCUT2D eigenvalue weighted by Gasteiger charge is -2.38. The van der Waals surface area contributed by atoms with Crippen LogP contribution in [0.4, 0.5) is 0 Å². The molecule has 0 saturated carbocycles. The fraction of sp³-hybridized carbons (Fsp3) is 0.167. The molecule has 4 heteroatoms. The van der Waals surface area contributed by atoms with Crippen LogP contribution in [0.15, 0.2) is 102 Å². The van der Waals surface area contributed by atoms with Crippen molar-refractivity contribution in [1.82, 2.24) is 4.90 Å². The molecule has 1 amide bonds. The van der Waals surface area contributed by atoms with Gasteiger partial charge in [-0.2, -0.15) is 4.99 Å². The third-order valence-electron chi connectivity index (χ3n) is 5.03. The number of benzene rings is 2. The summed E-state index contributed by atoms with van der Waals surface area (Å²) in [6.45, 7) is 4.06. The number of nitrogens with zero attached hydrogens (tertiary/aromatic N) is 2. The molecule has 0 fully saturated rings. The molecule has 2 aromatic carbocycles. The molecule has 4 rings (SSSR count). The molecular formula is C24H22N2O2. The molecule has 0 atom stereocenters. The van der Waals surface area contributed by atoms with Crippen molar-refractivity contribution in [3.05, 3.63) is 109 Å². The van der Waals surface area contributed by atoms with Gasteiger partial charge in [0.05, 0.1) is 0 Å². The van der Waals surface area contributed by atoms with Gasteiger partial charge in [0.1, 0.15) is 12.1 Å². The molecule has 0 aromatic heterocycles. The van der Waals surface area contributed by atoms with Crippen molar-refractivity contribution in [3.63, 3.8) is 0 Å². The van der Waals surface area contributed by atoms with Gasteiger partial charge >= 0.3 is 0 Å². The Balaban J connectivity index is 1.74. The van der Waals surface area contributed by atoms with Gasteiger partial charge in [0.25, 0.3) is 5.91 Å². The highest BCUT2D eigenvalue weighted by Gasteiger charge is 2.51. The molecule has 140 valence electrons. The standard InChI is InChI=1S/C24H22N2O2/c1-2-16-28-21-14-9-15-26-22(21)25-23(27)24(26,17-19-10-5-3-6-11-19)18-20-12-7-4-8-13-20/h2-15H,1,16-18H2. The van der Waals surface area contributed by atoms with Crippen LogP contribution in [-0.4, -0.2) is 28.8 Å². The van der Waals surface area contributed by atoms with Gasteiger partial charge in [-0.25, -0.2) is 0 Å². The van der Waals surface area contributed by atoms with Crippen molar-refractivity contribution in [3.8, 4) is 0 Å². The second-order valence-corrected chi connectivity index (χ2v) is 6.94. The van der Waals surface area contributed by atoms with Gasteiger partial charge < -0.3 is 9.64 Å². The number of amidine groups is 1. The maximum atomic E-state index is 13.3. The number of hydrogen-bond acceptors (Lipinski definition) is 3. The van der Waals surface area contributed by atoms with Crippen LogP contribution in [0.2, 0.25) is 0 Å². The molecule has 2 aliphatic heterocycles. The third kappa shape index (κ3) is 3.29. The topological polar surface area (TPSA) is 41.9 Å². The summed E-state index contributed by atoms with van der Waals surface area (Å²) in [4.78, 5) is 19.7. The summed E-state index contributed by atoms with van der Waals surface area (Å²) < 4.78 is 5.76. The highest BCUT2D eigenvalue weighted by Crippen LogP contribution is 2.36. The maximum Gasteiger partial charge on any atom is 0.274 e. The van der Waals surface area contributed by atoms with Crippen molar-refractivity contribution in [2.24, 2.45) is 4.99 Å². The van der Waals surface area contributed by atoms with E-state index in [4.69, 9.17) is 4.74 Å². The van der Waals surface area contributed by atoms with Crippen molar-refractivity contribution in [2.45, 2.75) is 18.4 Å². The van der Waals surface area contributed by atoms with Gasteiger partial charge in [-0.1, -0.05) is 73.3 Å². The van der Waals surface area contributed by atoms with E-state index in [-0.39, 0.29) is 5.91 Å². The minimum absolute atomic E-state index is 0.144. The van der Waals surface area contributed by atoms with Crippen LogP contribution in [0.3, 0.4) is 0 Å². The summed E-state index contributed by atoms with van der Waals surface area (Å²) in [5.74, 6) is 1.02. The first kappa shape index (κ1) is 18.0. The van der Waals surface area contributed by atoms with E-state index in [0.717, 1.165) is 11.1 Å². The van der Waals surface area contributed by atoms with Crippen LogP contribution in [0.25, 0.3) is 0 Å². The van der Waals surface area contributed by atoms with Gasteiger partial charge in [-0.05, 0) is 23.3 Å². The van der Waals surface area contributed by atoms with Gasteiger partial charge in [0, 0.05) is 19.0 Å². The van der Waals surface area contributed by atoms with Gasteiger partial charge in [-0.3, -0.25) is 4.79 Å². The van der Waals surface area contributed by atoms with E-state index in [9.17, 15) is 4.79 Å². The van der Waals surface area contributed by atoms with Crippen LogP contribution in [0.1, 0.15) is 11.1 Å². The molecule has 2 heterocycles. The quantitative estimate of drug-likeness (QED) is 0.690. The van der Waals surface area contributed by atoms with E-state index >= 15 is 0 Å². The number of fused-ring (bicyclic) bond motifs is 1. The zero-order chi connectivity index (χ0) is 19.4. The van der Waals surface area contributed by atoms with Crippen LogP contribution >= 0.6 is 0 Å². The summed E-state index contributed by atoms with van der Waals surface area (Å²) in [7, 11) is 0. The summed E-state index contributed by atoms with van der Waals surface area (Å²) in [5, 5.41) is 0. The lowest BCUT2D eigenvalue weighted by molar-refractivity contribution is -0.124. The van der Waals surface area contributed by atoms with Crippen molar-refractivity contribution >= 4 is 11.7 Å². The lowest BCUT2D eigenvalue weighted by Crippen LogP contribution is -2.53. The Labute approximate surface area is 165 Å². The summed E-state index contributed by atoms with van der Waals surface area (Å²) in [5.41, 5.74) is 1.38. The van der Waals surface area contributed by atoms with E-state index in [1.807, 2.05) is 59.7 Å². The Morgan fingerprint density at radius 2 is 1.61 bits per heavy atom. The van der Waals surface area contributed by atoms with E-state index in [1.54, 1.807) is 6.08 Å². The van der Waals surface area contributed by atoms with E-state index in [2.05, 4.69) is 35.8 Å². The Kier molecular flexibility index (Phi) is 4.94. The molecule has 0 unspecified atom stereocenters. The first-order valence-corrected chi connectivity index (χ1v) is 9.36. The number of amides is 1. The van der Waals surface area contributed by atoms with Crippen molar-refractivity contribution in [1.29, 1.82) is 0 Å². The zero-order valence-corrected chi connectivity index (χ0v) is 15.6. The summed E-state index contributed by atoms with van der Waals surface area (Å²) in [6.07, 6.45) is 8.48. The SMILES string of the molecule is C=CCOC1=CC=CN2C1=NC(=O)C2(Cc1ccccc1)Cc1ccccc1. The molecule has 28 heavy (non-hydrogen) atoms. The summed E-state index contributed by atoms with van der Waals surface area (Å²) in [6, 6.07) is 20.2. The molecule has 0 aliphatic carbocycles. The number of carbonyl (C=O) groups excluding carboxylic acids is 1. The van der Waals surface area contributed by atoms with Crippen LogP contribution < -0.4 is 0 Å². The molecule has 0 bridgehead atoms. The lowest BCUT2D eigenvalue weighted by atomic mass is 9.83. The van der Waals surface area contributed by atoms with Crippen LogP contribution in [-0.2, 0) is 22.4 Å². The third-order valence-corrected chi connectivity index (χ3v) is 5.03. The largest absolute Gasteiger partial charge is 0.486 e. The smallest absolute Gasteiger partial charge is 0.274 e. The minimum atomic E-state index is -0.814. The second kappa shape index (κ2) is 7.69. The normalized spacial score (nSPS) is 17.0. The fourth-order valence-corrected chi connectivity index (χ4v) is 3.75. The highest BCUT2D eigenvalue weighted by molar-refractivity contribution is 6.14. The predicted octanol–water partition coefficient (Wildman–Crippen LogP) is 4.07. The number of aliphatic imine (C=N–C) groups is 1. The number of allylic oxidation sites excluding steroid dienone is 2. The zero-order valence-electron chi connectivity index (χ0n) is 15.6. The Morgan fingerprint density at radius 1 is 1.00 bits per heavy atom. The van der Waals surface area contributed by atoms with Gasteiger partial charge in [0.2, 0.25) is 0 Å². The Morgan fingerprint density at radius 3 is 2.18 bits per heavy atom. The van der Waals surface area contributed by atoms with Crippen molar-refractivity contribution < 1.29 is 9.53 Å². The van der Waals surface area contributed by atoms with E-state index in [1.165, 1.54) is 0 Å². The molecule has 2 aliphatic rings. The molecule has 0 radical (unpaired) electrons. The monoisotopic (exact) mass is 370 g/mol. The van der Waals surface area contributed by atoms with E-state index < -0.39 is 5.54 Å². The first-order chi connectivity index (χ1) is 13.7. The highest BCUT2D eigenvalue weighted by atomic mass is 16.5. The Hall–Kier alpha value is -3.40. The summed E-state index contributed by atoms with van der Waals surface area (Å²) >= 11 is 0. The fourth-order valence-electron chi connectivity index (χ4n) is 3.75. The maximum absolute atomic E-state index is 13.3. The molecule has 4 nitrogen and oxygen atoms in total. The van der Waals surface area contributed by atoms with Crippen molar-refractivity contribution in [2.75, 3.05) is 6.61 Å². The number of ether oxygens (including phenoxy) is 1. The first-order valence-electron chi connectivity index (χ1n) is 9.36. The number of rotatable bonds is 7. The second-order valence-electron chi connectivity index (χ2n) is 6.94. The van der Waals surface area contributed by atoms with Crippen LogP contribution in [0.5, 0.6) is 0 Å². The van der Waals surface area contributed by atoms with Crippen LogP contribution in [0, 0.1) is 0 Å². The van der Waals surface area contributed by atoms with E-state index in [0.29, 0.717) is 31.0 Å². The minimum Gasteiger partial charge on any atom is -0.486 e. The molecule has 0 spiro atoms. The average molecular weight is 370 g/mol. The molecular weight excluding hydrogens is 348 g/mol.